The summed E-state index contributed by atoms with van der Waals surface area (Å²) in [4.78, 5) is 6.53. The summed E-state index contributed by atoms with van der Waals surface area (Å²) in [7, 11) is 0. The molecule has 1 aliphatic heterocycles. The lowest BCUT2D eigenvalue weighted by Gasteiger charge is -2.28. The van der Waals surface area contributed by atoms with E-state index in [2.05, 4.69) is 15.2 Å². The monoisotopic (exact) mass is 178 g/mol. The molecule has 1 aliphatic rings. The standard InChI is InChI=1S/C9H14N4/c10-8-1-2-9(12-7-8)13-5-3-11-4-6-13/h1-2,7,11H,3-6,10H2. The molecule has 0 unspecified atom stereocenters. The van der Waals surface area contributed by atoms with Crippen molar-refractivity contribution in [3.63, 3.8) is 0 Å². The molecule has 0 amide bonds. The van der Waals surface area contributed by atoms with Gasteiger partial charge in [-0.2, -0.15) is 0 Å². The number of anilines is 2. The lowest BCUT2D eigenvalue weighted by atomic mass is 10.3. The minimum absolute atomic E-state index is 0.721. The number of nitrogen functional groups attached to an aromatic ring is 1. The van der Waals surface area contributed by atoms with Crippen molar-refractivity contribution < 1.29 is 0 Å². The molecule has 0 saturated carbocycles. The topological polar surface area (TPSA) is 54.2 Å². The van der Waals surface area contributed by atoms with E-state index >= 15 is 0 Å². The van der Waals surface area contributed by atoms with E-state index in [0.717, 1.165) is 37.7 Å². The first-order valence-corrected chi connectivity index (χ1v) is 4.53. The smallest absolute Gasteiger partial charge is 0.128 e. The van der Waals surface area contributed by atoms with Crippen molar-refractivity contribution in [3.05, 3.63) is 18.3 Å². The molecule has 2 rings (SSSR count). The fraction of sp³-hybridized carbons (Fsp3) is 0.444. The quantitative estimate of drug-likeness (QED) is 0.639. The lowest BCUT2D eigenvalue weighted by Crippen LogP contribution is -2.43. The van der Waals surface area contributed by atoms with Crippen molar-refractivity contribution in [2.45, 2.75) is 0 Å². The molecule has 0 atom stereocenters. The molecule has 1 aromatic rings. The van der Waals surface area contributed by atoms with Gasteiger partial charge in [0.15, 0.2) is 0 Å². The van der Waals surface area contributed by atoms with E-state index in [9.17, 15) is 0 Å². The van der Waals surface area contributed by atoms with Crippen LogP contribution in [0.5, 0.6) is 0 Å². The van der Waals surface area contributed by atoms with Gasteiger partial charge in [0.1, 0.15) is 5.82 Å². The van der Waals surface area contributed by atoms with Crippen LogP contribution in [0, 0.1) is 0 Å². The summed E-state index contributed by atoms with van der Waals surface area (Å²) in [5.74, 6) is 1.02. The minimum Gasteiger partial charge on any atom is -0.397 e. The third-order valence-corrected chi connectivity index (χ3v) is 2.21. The Bertz CT molecular complexity index is 263. The van der Waals surface area contributed by atoms with Gasteiger partial charge in [-0.15, -0.1) is 0 Å². The van der Waals surface area contributed by atoms with Crippen LogP contribution in [0.4, 0.5) is 11.5 Å². The molecule has 1 aromatic heterocycles. The van der Waals surface area contributed by atoms with E-state index in [1.54, 1.807) is 6.20 Å². The molecule has 2 heterocycles. The molecule has 0 radical (unpaired) electrons. The van der Waals surface area contributed by atoms with Gasteiger partial charge in [0, 0.05) is 26.2 Å². The summed E-state index contributed by atoms with van der Waals surface area (Å²) in [6.45, 7) is 4.12. The molecule has 4 nitrogen and oxygen atoms in total. The molecule has 0 aliphatic carbocycles. The maximum Gasteiger partial charge on any atom is 0.128 e. The third kappa shape index (κ3) is 1.89. The summed E-state index contributed by atoms with van der Waals surface area (Å²) in [6.07, 6.45) is 1.71. The fourth-order valence-corrected chi connectivity index (χ4v) is 1.48. The van der Waals surface area contributed by atoms with E-state index < -0.39 is 0 Å². The number of pyridine rings is 1. The second kappa shape index (κ2) is 3.62. The van der Waals surface area contributed by atoms with Crippen LogP contribution in [0.3, 0.4) is 0 Å². The molecule has 1 fully saturated rings. The van der Waals surface area contributed by atoms with Crippen LogP contribution in [0.1, 0.15) is 0 Å². The highest BCUT2D eigenvalue weighted by atomic mass is 15.2. The number of nitrogens with one attached hydrogen (secondary N) is 1. The van der Waals surface area contributed by atoms with Gasteiger partial charge in [0.25, 0.3) is 0 Å². The SMILES string of the molecule is Nc1ccc(N2CCNCC2)nc1. The first-order valence-electron chi connectivity index (χ1n) is 4.53. The number of rotatable bonds is 1. The number of nitrogens with two attached hydrogens (primary N) is 1. The first-order chi connectivity index (χ1) is 6.36. The van der Waals surface area contributed by atoms with Crippen molar-refractivity contribution in [3.8, 4) is 0 Å². The van der Waals surface area contributed by atoms with Crippen LogP contribution in [-0.4, -0.2) is 31.2 Å². The van der Waals surface area contributed by atoms with E-state index in [1.807, 2.05) is 12.1 Å². The van der Waals surface area contributed by atoms with Crippen LogP contribution < -0.4 is 16.0 Å². The third-order valence-electron chi connectivity index (χ3n) is 2.21. The zero-order valence-corrected chi connectivity index (χ0v) is 7.53. The highest BCUT2D eigenvalue weighted by molar-refractivity contribution is 5.45. The molecule has 1 saturated heterocycles. The van der Waals surface area contributed by atoms with Gasteiger partial charge in [-0.1, -0.05) is 0 Å². The molecular weight excluding hydrogens is 164 g/mol. The van der Waals surface area contributed by atoms with Crippen LogP contribution in [0.25, 0.3) is 0 Å². The van der Waals surface area contributed by atoms with Crippen molar-refractivity contribution in [2.24, 2.45) is 0 Å². The summed E-state index contributed by atoms with van der Waals surface area (Å²) in [5, 5.41) is 3.30. The number of hydrogen-bond donors (Lipinski definition) is 2. The van der Waals surface area contributed by atoms with E-state index in [4.69, 9.17) is 5.73 Å². The van der Waals surface area contributed by atoms with Crippen LogP contribution in [0.2, 0.25) is 0 Å². The average Bonchev–Trinajstić information content (AvgIpc) is 2.20. The summed E-state index contributed by atoms with van der Waals surface area (Å²) in [6, 6.07) is 3.87. The first kappa shape index (κ1) is 8.31. The Kier molecular flexibility index (Phi) is 2.31. The van der Waals surface area contributed by atoms with Gasteiger partial charge < -0.3 is 16.0 Å². The lowest BCUT2D eigenvalue weighted by molar-refractivity contribution is 0.585. The van der Waals surface area contributed by atoms with Gasteiger partial charge in [0.05, 0.1) is 11.9 Å². The largest absolute Gasteiger partial charge is 0.397 e. The highest BCUT2D eigenvalue weighted by Gasteiger charge is 2.10. The average molecular weight is 178 g/mol. The zero-order valence-electron chi connectivity index (χ0n) is 7.53. The number of aromatic nitrogens is 1. The molecule has 70 valence electrons. The Morgan fingerprint density at radius 1 is 1.31 bits per heavy atom. The van der Waals surface area contributed by atoms with Crippen molar-refractivity contribution >= 4 is 11.5 Å². The Hall–Kier alpha value is -1.29. The van der Waals surface area contributed by atoms with Gasteiger partial charge in [-0.05, 0) is 12.1 Å². The van der Waals surface area contributed by atoms with Gasteiger partial charge in [-0.25, -0.2) is 4.98 Å². The molecular formula is C9H14N4. The summed E-state index contributed by atoms with van der Waals surface area (Å²) >= 11 is 0. The van der Waals surface area contributed by atoms with Gasteiger partial charge in [-0.3, -0.25) is 0 Å². The van der Waals surface area contributed by atoms with E-state index in [0.29, 0.717) is 0 Å². The Labute approximate surface area is 77.8 Å². The van der Waals surface area contributed by atoms with Crippen LogP contribution >= 0.6 is 0 Å². The number of piperazine rings is 1. The maximum absolute atomic E-state index is 5.56. The molecule has 0 spiro atoms. The second-order valence-electron chi connectivity index (χ2n) is 3.19. The number of nitrogens with zero attached hydrogens (tertiary/aromatic N) is 2. The Morgan fingerprint density at radius 2 is 2.08 bits per heavy atom. The van der Waals surface area contributed by atoms with Crippen molar-refractivity contribution in [1.82, 2.24) is 10.3 Å². The fourth-order valence-electron chi connectivity index (χ4n) is 1.48. The normalized spacial score (nSPS) is 17.4. The van der Waals surface area contributed by atoms with E-state index in [1.165, 1.54) is 0 Å². The Balaban J connectivity index is 2.10. The zero-order chi connectivity index (χ0) is 9.10. The van der Waals surface area contributed by atoms with Gasteiger partial charge in [0.2, 0.25) is 0 Å². The minimum atomic E-state index is 0.721. The van der Waals surface area contributed by atoms with Crippen molar-refractivity contribution in [2.75, 3.05) is 36.8 Å². The van der Waals surface area contributed by atoms with Crippen molar-refractivity contribution in [1.29, 1.82) is 0 Å². The maximum atomic E-state index is 5.56. The van der Waals surface area contributed by atoms with Crippen LogP contribution in [-0.2, 0) is 0 Å². The molecule has 3 N–H and O–H groups in total. The highest BCUT2D eigenvalue weighted by Crippen LogP contribution is 2.12. The molecule has 0 bridgehead atoms. The Morgan fingerprint density at radius 3 is 2.69 bits per heavy atom. The molecule has 4 heteroatoms. The predicted octanol–water partition coefficient (Wildman–Crippen LogP) is 0.0734. The number of hydrogen-bond acceptors (Lipinski definition) is 4. The summed E-state index contributed by atoms with van der Waals surface area (Å²) in [5.41, 5.74) is 6.28. The predicted molar refractivity (Wildman–Crippen MR) is 53.7 cm³/mol. The molecule has 13 heavy (non-hydrogen) atoms. The van der Waals surface area contributed by atoms with Gasteiger partial charge >= 0.3 is 0 Å². The van der Waals surface area contributed by atoms with Crippen LogP contribution in [0.15, 0.2) is 18.3 Å². The second-order valence-corrected chi connectivity index (χ2v) is 3.19. The summed E-state index contributed by atoms with van der Waals surface area (Å²) < 4.78 is 0. The van der Waals surface area contributed by atoms with E-state index in [-0.39, 0.29) is 0 Å². The molecule has 0 aromatic carbocycles.